The molecule has 0 saturated carbocycles. The van der Waals surface area contributed by atoms with Crippen LogP contribution in [0.5, 0.6) is 0 Å². The standard InChI is InChI=1S/C20H29N3O7S.C16H21N3O7S.C12H15ClN2O3S.C8H15NO4/c1-4-28-19(24)12-23(13-20(25)29-5-2)9-8-16-11-22-18-7-6-15(10-17(16)18)14-30-31(26,27)21-3;1-17-27(24,25)26-10-11-2-3-14-13(6-11)12(7-18-14)4-5-19(8-15(20)21)9-16(22)23;1-14-19(16,17)18-8-9-2-3-12-11(6-9)10(4-5-13)7-15-12;1-3-12-7(10)5-9-6-8(11)13-4-2/h6-7,10-11,21-22H,4-5,8-9,12-14H2,1-3H3;2-3,6-7,17-18H,4-5,8-10H2,1H3,(H,20,21)(H,22,23);2-3,6-7,14-15H,4-5,8H2,1H3;9H,3-6H2,1-2H3. The van der Waals surface area contributed by atoms with Gasteiger partial charge in [-0.3, -0.25) is 56.4 Å². The minimum Gasteiger partial charge on any atom is -0.480 e. The van der Waals surface area contributed by atoms with Crippen LogP contribution >= 0.6 is 11.6 Å². The van der Waals surface area contributed by atoms with E-state index in [-0.39, 0.29) is 90.8 Å². The number of carbonyl (C=O) groups is 6. The highest BCUT2D eigenvalue weighted by molar-refractivity contribution is 7.85. The van der Waals surface area contributed by atoms with E-state index in [1.807, 2.05) is 42.7 Å². The second-order valence-electron chi connectivity index (χ2n) is 18.8. The largest absolute Gasteiger partial charge is 0.480 e. The molecule has 9 N–H and O–H groups in total. The Balaban J connectivity index is 0.000000328. The monoisotopic (exact) mass is 1350 g/mol. The molecule has 0 spiro atoms. The smallest absolute Gasteiger partial charge is 0.335 e. The van der Waals surface area contributed by atoms with Gasteiger partial charge in [-0.05, 0) is 117 Å². The Morgan fingerprint density at radius 3 is 1.06 bits per heavy atom. The number of halogens is 1. The molecule has 0 aliphatic rings. The molecule has 30 nitrogen and oxygen atoms in total. The summed E-state index contributed by atoms with van der Waals surface area (Å²) in [6.45, 7) is 7.89. The molecule has 3 aromatic carbocycles. The summed E-state index contributed by atoms with van der Waals surface area (Å²) in [5.41, 5.74) is 7.79. The third kappa shape index (κ3) is 29.2. The maximum Gasteiger partial charge on any atom is 0.335 e. The summed E-state index contributed by atoms with van der Waals surface area (Å²) in [7, 11) is -7.38. The number of rotatable bonds is 36. The zero-order valence-electron chi connectivity index (χ0n) is 51.0. The molecular formula is C56H80ClN9O21S3. The van der Waals surface area contributed by atoms with Crippen LogP contribution in [0.3, 0.4) is 0 Å². The molecule has 0 fully saturated rings. The third-order valence-corrected chi connectivity index (χ3v) is 15.3. The lowest BCUT2D eigenvalue weighted by molar-refractivity contribution is -0.149. The Labute approximate surface area is 527 Å². The first-order valence-electron chi connectivity index (χ1n) is 28.0. The summed E-state index contributed by atoms with van der Waals surface area (Å²) in [6, 6.07) is 16.4. The molecule has 6 rings (SSSR count). The maximum absolute atomic E-state index is 11.9. The number of aromatic nitrogens is 3. The molecule has 0 amide bonds. The number of carboxylic acids is 2. The normalized spacial score (nSPS) is 11.5. The molecule has 0 saturated heterocycles. The number of benzene rings is 3. The van der Waals surface area contributed by atoms with Crippen LogP contribution in [-0.4, -0.2) is 202 Å². The van der Waals surface area contributed by atoms with Crippen LogP contribution < -0.4 is 19.5 Å². The summed E-state index contributed by atoms with van der Waals surface area (Å²) in [4.78, 5) is 79.5. The van der Waals surface area contributed by atoms with Gasteiger partial charge >= 0.3 is 66.7 Å². The van der Waals surface area contributed by atoms with Gasteiger partial charge in [0.2, 0.25) is 0 Å². The molecule has 3 aromatic heterocycles. The van der Waals surface area contributed by atoms with Crippen molar-refractivity contribution in [2.45, 2.75) is 66.8 Å². The van der Waals surface area contributed by atoms with Crippen molar-refractivity contribution in [3.05, 3.63) is 107 Å². The second-order valence-corrected chi connectivity index (χ2v) is 23.8. The van der Waals surface area contributed by atoms with Crippen LogP contribution in [0.25, 0.3) is 32.7 Å². The van der Waals surface area contributed by atoms with Crippen LogP contribution in [-0.2, 0) is 130 Å². The number of aromatic amines is 3. The Morgan fingerprint density at radius 2 is 0.767 bits per heavy atom. The van der Waals surface area contributed by atoms with Crippen molar-refractivity contribution >= 4 is 111 Å². The van der Waals surface area contributed by atoms with Crippen LogP contribution in [0.2, 0.25) is 0 Å². The highest BCUT2D eigenvalue weighted by atomic mass is 35.5. The van der Waals surface area contributed by atoms with Gasteiger partial charge in [-0.2, -0.15) is 39.4 Å². The minimum absolute atomic E-state index is 0.00457. The lowest BCUT2D eigenvalue weighted by Gasteiger charge is -2.20. The van der Waals surface area contributed by atoms with Crippen molar-refractivity contribution in [2.24, 2.45) is 0 Å². The topological polar surface area (TPSA) is 412 Å². The number of hydrogen-bond acceptors (Lipinski definition) is 22. The van der Waals surface area contributed by atoms with Gasteiger partial charge in [-0.25, -0.2) is 0 Å². The molecule has 3 heterocycles. The molecule has 0 bridgehead atoms. The Morgan fingerprint density at radius 1 is 0.467 bits per heavy atom. The van der Waals surface area contributed by atoms with Gasteiger partial charge in [0.05, 0.1) is 85.5 Å². The van der Waals surface area contributed by atoms with E-state index < -0.39 is 54.8 Å². The summed E-state index contributed by atoms with van der Waals surface area (Å²) in [5.74, 6) is -3.20. The summed E-state index contributed by atoms with van der Waals surface area (Å²) in [6.07, 6.45) is 7.28. The number of aliphatic carboxylic acids is 2. The number of nitrogens with one attached hydrogen (secondary N) is 7. The summed E-state index contributed by atoms with van der Waals surface area (Å²) >= 11 is 5.75. The number of esters is 4. The minimum atomic E-state index is -3.79. The van der Waals surface area contributed by atoms with Gasteiger partial charge in [-0.1, -0.05) is 18.2 Å². The number of carboxylic acid groups (broad SMARTS) is 2. The molecular weight excluding hydrogens is 1270 g/mol. The first-order valence-corrected chi connectivity index (χ1v) is 32.8. The van der Waals surface area contributed by atoms with Crippen molar-refractivity contribution in [1.29, 1.82) is 0 Å². The van der Waals surface area contributed by atoms with Gasteiger partial charge in [0.15, 0.2) is 0 Å². The number of H-pyrrole nitrogens is 3. The molecule has 0 radical (unpaired) electrons. The van der Waals surface area contributed by atoms with Crippen LogP contribution in [0.15, 0.2) is 73.2 Å². The van der Waals surface area contributed by atoms with Crippen molar-refractivity contribution in [2.75, 3.05) is 106 Å². The Bertz CT molecular complexity index is 3560. The predicted molar refractivity (Wildman–Crippen MR) is 333 cm³/mol. The number of ether oxygens (including phenoxy) is 4. The Hall–Kier alpha value is -7.12. The van der Waals surface area contributed by atoms with E-state index in [1.54, 1.807) is 63.1 Å². The van der Waals surface area contributed by atoms with Crippen LogP contribution in [0, 0.1) is 0 Å². The number of hydrogen-bond donors (Lipinski definition) is 9. The highest BCUT2D eigenvalue weighted by Gasteiger charge is 2.19. The van der Waals surface area contributed by atoms with E-state index >= 15 is 0 Å². The van der Waals surface area contributed by atoms with E-state index in [4.69, 9.17) is 43.8 Å². The first-order chi connectivity index (χ1) is 42.7. The molecule has 34 heteroatoms. The van der Waals surface area contributed by atoms with Crippen molar-refractivity contribution in [3.8, 4) is 0 Å². The van der Waals surface area contributed by atoms with Crippen molar-refractivity contribution < 1.29 is 95.7 Å². The number of carbonyl (C=O) groups excluding carboxylic acids is 4. The molecule has 500 valence electrons. The molecule has 0 atom stereocenters. The number of fused-ring (bicyclic) bond motifs is 3. The fourth-order valence-electron chi connectivity index (χ4n) is 8.12. The predicted octanol–water partition coefficient (Wildman–Crippen LogP) is 2.91. The van der Waals surface area contributed by atoms with Crippen LogP contribution in [0.1, 0.15) is 61.1 Å². The lowest BCUT2D eigenvalue weighted by Crippen LogP contribution is -2.37. The van der Waals surface area contributed by atoms with E-state index in [2.05, 4.69) is 43.9 Å². The summed E-state index contributed by atoms with van der Waals surface area (Å²) < 4.78 is 108. The SMILES string of the molecule is CCOC(=O)CN(CCc1c[nH]c2ccc(COS(=O)(=O)NC)cc12)CC(=O)OCC.CCOC(=O)CNCC(=O)OCC.CNS(=O)(=O)OCc1ccc2[nH]cc(CCCl)c2c1.CNS(=O)(=O)OCc1ccc2[nH]cc(CCN(CC(=O)O)CC(=O)O)c2c1. The van der Waals surface area contributed by atoms with Gasteiger partial charge < -0.3 is 44.1 Å². The molecule has 0 aliphatic carbocycles. The molecule has 90 heavy (non-hydrogen) atoms. The van der Waals surface area contributed by atoms with Gasteiger partial charge in [0.25, 0.3) is 0 Å². The number of nitrogens with zero attached hydrogens (tertiary/aromatic N) is 2. The second kappa shape index (κ2) is 39.9. The molecule has 0 unspecified atom stereocenters. The zero-order chi connectivity index (χ0) is 66.9. The summed E-state index contributed by atoms with van der Waals surface area (Å²) in [5, 5.41) is 23.2. The van der Waals surface area contributed by atoms with Gasteiger partial charge in [-0.15, -0.1) is 11.6 Å². The first kappa shape index (κ1) is 77.1. The number of aryl methyl sites for hydroxylation is 1. The highest BCUT2D eigenvalue weighted by Crippen LogP contribution is 2.24. The van der Waals surface area contributed by atoms with Crippen molar-refractivity contribution in [1.82, 2.24) is 44.2 Å². The zero-order valence-corrected chi connectivity index (χ0v) is 54.2. The van der Waals surface area contributed by atoms with Crippen LogP contribution in [0.4, 0.5) is 0 Å². The number of alkyl halides is 1. The average Bonchev–Trinajstić information content (AvgIpc) is 1.71. The third-order valence-electron chi connectivity index (χ3n) is 12.3. The quantitative estimate of drug-likeness (QED) is 0.0155. The fraction of sp³-hybridized carbons (Fsp3) is 0.464. The lowest BCUT2D eigenvalue weighted by atomic mass is 10.1. The van der Waals surface area contributed by atoms with Gasteiger partial charge in [0, 0.05) is 91.4 Å². The van der Waals surface area contributed by atoms with E-state index in [0.29, 0.717) is 49.6 Å². The molecule has 6 aromatic rings. The average molecular weight is 1350 g/mol. The molecule has 0 aliphatic heterocycles. The van der Waals surface area contributed by atoms with E-state index in [1.165, 1.54) is 26.0 Å². The van der Waals surface area contributed by atoms with E-state index in [0.717, 1.165) is 61.4 Å². The Kier molecular flexibility index (Phi) is 34.2. The fourth-order valence-corrected chi connectivity index (χ4v) is 9.55. The maximum atomic E-state index is 11.9. The van der Waals surface area contributed by atoms with Crippen molar-refractivity contribution in [3.63, 3.8) is 0 Å². The van der Waals surface area contributed by atoms with E-state index in [9.17, 15) is 54.0 Å². The van der Waals surface area contributed by atoms with Gasteiger partial charge in [0.1, 0.15) is 0 Å².